The van der Waals surface area contributed by atoms with Crippen LogP contribution in [0.15, 0.2) is 46.9 Å². The molecule has 4 rings (SSSR count). The van der Waals surface area contributed by atoms with Crippen LogP contribution in [0, 0.1) is 13.8 Å². The minimum absolute atomic E-state index is 0.200. The van der Waals surface area contributed by atoms with E-state index in [2.05, 4.69) is 20.4 Å². The van der Waals surface area contributed by atoms with Crippen molar-refractivity contribution < 1.29 is 13.9 Å². The van der Waals surface area contributed by atoms with Crippen LogP contribution >= 0.6 is 11.3 Å². The zero-order valence-corrected chi connectivity index (χ0v) is 16.4. The number of H-pyrrole nitrogens is 1. The molecule has 0 bridgehead atoms. The van der Waals surface area contributed by atoms with E-state index in [9.17, 15) is 4.79 Å². The van der Waals surface area contributed by atoms with Gasteiger partial charge in [0, 0.05) is 10.4 Å². The Morgan fingerprint density at radius 3 is 2.64 bits per heavy atom. The SMILES string of the molecule is Cc1ccc(-c2nnc([C@H](C)OC(=O)c3cc(-c4ccc(C)s4)[nH]n3)o2)cc1. The molecule has 1 aromatic carbocycles. The van der Waals surface area contributed by atoms with Gasteiger partial charge >= 0.3 is 5.97 Å². The van der Waals surface area contributed by atoms with Gasteiger partial charge in [-0.25, -0.2) is 4.79 Å². The number of hydrogen-bond donors (Lipinski definition) is 1. The maximum absolute atomic E-state index is 12.4. The fourth-order valence-corrected chi connectivity index (χ4v) is 3.45. The molecule has 1 atom stereocenters. The summed E-state index contributed by atoms with van der Waals surface area (Å²) in [6.07, 6.45) is -0.691. The number of benzene rings is 1. The fraction of sp³-hybridized carbons (Fsp3) is 0.200. The van der Waals surface area contributed by atoms with E-state index in [1.165, 1.54) is 4.88 Å². The van der Waals surface area contributed by atoms with Crippen LogP contribution < -0.4 is 0 Å². The molecule has 3 heterocycles. The van der Waals surface area contributed by atoms with Crippen molar-refractivity contribution >= 4 is 17.3 Å². The van der Waals surface area contributed by atoms with E-state index in [0.717, 1.165) is 21.7 Å². The van der Waals surface area contributed by atoms with Gasteiger partial charge in [0.15, 0.2) is 11.8 Å². The number of thiophene rings is 1. The van der Waals surface area contributed by atoms with Gasteiger partial charge in [-0.1, -0.05) is 17.7 Å². The summed E-state index contributed by atoms with van der Waals surface area (Å²) in [6, 6.07) is 13.4. The van der Waals surface area contributed by atoms with Crippen LogP contribution in [0.25, 0.3) is 22.0 Å². The van der Waals surface area contributed by atoms with E-state index < -0.39 is 12.1 Å². The van der Waals surface area contributed by atoms with Crippen LogP contribution in [-0.2, 0) is 4.74 Å². The van der Waals surface area contributed by atoms with E-state index in [4.69, 9.17) is 9.15 Å². The maximum atomic E-state index is 12.4. The molecule has 0 fully saturated rings. The summed E-state index contributed by atoms with van der Waals surface area (Å²) in [5.74, 6) is 0.0555. The molecule has 8 heteroatoms. The lowest BCUT2D eigenvalue weighted by atomic mass is 10.1. The van der Waals surface area contributed by atoms with Gasteiger partial charge in [-0.3, -0.25) is 5.10 Å². The Kier molecular flexibility index (Phi) is 4.79. The highest BCUT2D eigenvalue weighted by Gasteiger charge is 2.22. The molecule has 0 saturated carbocycles. The zero-order chi connectivity index (χ0) is 19.7. The predicted molar refractivity (Wildman–Crippen MR) is 105 cm³/mol. The number of carbonyl (C=O) groups is 1. The van der Waals surface area contributed by atoms with Gasteiger partial charge in [-0.05, 0) is 51.1 Å². The molecule has 3 aromatic heterocycles. The first-order chi connectivity index (χ1) is 13.5. The highest BCUT2D eigenvalue weighted by Crippen LogP contribution is 2.27. The van der Waals surface area contributed by atoms with E-state index in [-0.39, 0.29) is 11.6 Å². The Bertz CT molecular complexity index is 1110. The average Bonchev–Trinajstić information content (AvgIpc) is 3.42. The van der Waals surface area contributed by atoms with Crippen LogP contribution in [-0.4, -0.2) is 26.4 Å². The predicted octanol–water partition coefficient (Wildman–Crippen LogP) is 4.72. The number of nitrogens with zero attached hydrogens (tertiary/aromatic N) is 3. The molecule has 0 saturated heterocycles. The fourth-order valence-electron chi connectivity index (χ4n) is 2.61. The second kappa shape index (κ2) is 7.40. The summed E-state index contributed by atoms with van der Waals surface area (Å²) in [5, 5.41) is 14.9. The minimum Gasteiger partial charge on any atom is -0.448 e. The first-order valence-electron chi connectivity index (χ1n) is 8.73. The number of aromatic amines is 1. The highest BCUT2D eigenvalue weighted by atomic mass is 32.1. The first-order valence-corrected chi connectivity index (χ1v) is 9.55. The molecule has 142 valence electrons. The van der Waals surface area contributed by atoms with Crippen molar-refractivity contribution in [2.24, 2.45) is 0 Å². The van der Waals surface area contributed by atoms with Crippen LogP contribution in [0.5, 0.6) is 0 Å². The Balaban J connectivity index is 1.45. The topological polar surface area (TPSA) is 93.9 Å². The smallest absolute Gasteiger partial charge is 0.359 e. The van der Waals surface area contributed by atoms with Gasteiger partial charge < -0.3 is 9.15 Å². The van der Waals surface area contributed by atoms with Gasteiger partial charge in [0.2, 0.25) is 5.89 Å². The minimum atomic E-state index is -0.691. The number of esters is 1. The molecule has 4 aromatic rings. The van der Waals surface area contributed by atoms with Crippen molar-refractivity contribution in [3.05, 3.63) is 64.5 Å². The highest BCUT2D eigenvalue weighted by molar-refractivity contribution is 7.15. The molecular formula is C20H18N4O3S. The quantitative estimate of drug-likeness (QED) is 0.492. The van der Waals surface area contributed by atoms with Crippen molar-refractivity contribution in [2.75, 3.05) is 0 Å². The van der Waals surface area contributed by atoms with Gasteiger partial charge in [0.25, 0.3) is 5.89 Å². The molecule has 1 N–H and O–H groups in total. The molecule has 0 unspecified atom stereocenters. The van der Waals surface area contributed by atoms with E-state index in [0.29, 0.717) is 5.89 Å². The molecule has 0 aliphatic rings. The van der Waals surface area contributed by atoms with E-state index in [1.807, 2.05) is 50.2 Å². The van der Waals surface area contributed by atoms with Crippen LogP contribution in [0.2, 0.25) is 0 Å². The van der Waals surface area contributed by atoms with Gasteiger partial charge in [-0.15, -0.1) is 21.5 Å². The van der Waals surface area contributed by atoms with Gasteiger partial charge in [0.1, 0.15) is 0 Å². The second-order valence-electron chi connectivity index (χ2n) is 6.44. The molecule has 0 aliphatic heterocycles. The summed E-state index contributed by atoms with van der Waals surface area (Å²) in [6.45, 7) is 5.71. The number of carbonyl (C=O) groups excluding carboxylic acids is 1. The number of nitrogens with one attached hydrogen (secondary N) is 1. The summed E-state index contributed by atoms with van der Waals surface area (Å²) in [4.78, 5) is 14.6. The number of rotatable bonds is 5. The number of ether oxygens (including phenoxy) is 1. The summed E-state index contributed by atoms with van der Waals surface area (Å²) in [5.41, 5.74) is 2.93. The van der Waals surface area contributed by atoms with Crippen molar-refractivity contribution in [1.29, 1.82) is 0 Å². The third-order valence-electron chi connectivity index (χ3n) is 4.16. The van der Waals surface area contributed by atoms with Gasteiger partial charge in [0.05, 0.1) is 10.6 Å². The van der Waals surface area contributed by atoms with Crippen molar-refractivity contribution in [3.8, 4) is 22.0 Å². The Morgan fingerprint density at radius 2 is 1.93 bits per heavy atom. The molecule has 0 aliphatic carbocycles. The Hall–Kier alpha value is -3.26. The third-order valence-corrected chi connectivity index (χ3v) is 5.20. The molecule has 0 radical (unpaired) electrons. The standard InChI is InChI=1S/C20H18N4O3S/c1-11-4-7-14(8-5-11)19-24-23-18(27-19)13(3)26-20(25)16-10-15(21-22-16)17-9-6-12(2)28-17/h4-10,13H,1-3H3,(H,21,22)/t13-/m0/s1. The monoisotopic (exact) mass is 394 g/mol. The summed E-state index contributed by atoms with van der Waals surface area (Å²) in [7, 11) is 0. The molecule has 0 amide bonds. The van der Waals surface area contributed by atoms with Crippen molar-refractivity contribution in [1.82, 2.24) is 20.4 Å². The van der Waals surface area contributed by atoms with Crippen LogP contribution in [0.3, 0.4) is 0 Å². The van der Waals surface area contributed by atoms with Gasteiger partial charge in [-0.2, -0.15) is 5.10 Å². The number of aromatic nitrogens is 4. The maximum Gasteiger partial charge on any atom is 0.359 e. The summed E-state index contributed by atoms with van der Waals surface area (Å²) >= 11 is 1.62. The lowest BCUT2D eigenvalue weighted by Crippen LogP contribution is -2.10. The zero-order valence-electron chi connectivity index (χ0n) is 15.6. The average molecular weight is 394 g/mol. The lowest BCUT2D eigenvalue weighted by molar-refractivity contribution is 0.0273. The number of hydrogen-bond acceptors (Lipinski definition) is 7. The van der Waals surface area contributed by atoms with Crippen molar-refractivity contribution in [2.45, 2.75) is 26.9 Å². The van der Waals surface area contributed by atoms with E-state index >= 15 is 0 Å². The van der Waals surface area contributed by atoms with Crippen LogP contribution in [0.1, 0.15) is 39.8 Å². The number of aryl methyl sites for hydroxylation is 2. The first kappa shape index (κ1) is 18.1. The second-order valence-corrected chi connectivity index (χ2v) is 7.72. The molecular weight excluding hydrogens is 376 g/mol. The Labute approximate surface area is 165 Å². The third kappa shape index (κ3) is 3.72. The molecule has 0 spiro atoms. The normalized spacial score (nSPS) is 12.1. The van der Waals surface area contributed by atoms with Crippen molar-refractivity contribution in [3.63, 3.8) is 0 Å². The Morgan fingerprint density at radius 1 is 1.14 bits per heavy atom. The molecule has 7 nitrogen and oxygen atoms in total. The van der Waals surface area contributed by atoms with E-state index in [1.54, 1.807) is 24.3 Å². The summed E-state index contributed by atoms with van der Waals surface area (Å²) < 4.78 is 11.1. The molecule has 28 heavy (non-hydrogen) atoms. The van der Waals surface area contributed by atoms with Crippen LogP contribution in [0.4, 0.5) is 0 Å². The largest absolute Gasteiger partial charge is 0.448 e. The lowest BCUT2D eigenvalue weighted by Gasteiger charge is -2.07.